The van der Waals surface area contributed by atoms with Crippen molar-refractivity contribution < 1.29 is 14.3 Å². The van der Waals surface area contributed by atoms with E-state index < -0.39 is 0 Å². The number of amides is 2. The van der Waals surface area contributed by atoms with E-state index in [1.54, 1.807) is 24.2 Å². The normalized spacial score (nSPS) is 19.8. The van der Waals surface area contributed by atoms with E-state index in [2.05, 4.69) is 15.7 Å². The van der Waals surface area contributed by atoms with Crippen LogP contribution in [0.1, 0.15) is 19.8 Å². The van der Waals surface area contributed by atoms with Crippen LogP contribution < -0.4 is 10.6 Å². The number of rotatable bonds is 6. The minimum atomic E-state index is -0.237. The summed E-state index contributed by atoms with van der Waals surface area (Å²) < 4.78 is 12.2. The average Bonchev–Trinajstić information content (AvgIpc) is 3.07. The summed E-state index contributed by atoms with van der Waals surface area (Å²) in [6.07, 6.45) is 5.56. The third kappa shape index (κ3) is 4.21. The molecule has 2 rings (SSSR count). The molecule has 0 aliphatic carbocycles. The van der Waals surface area contributed by atoms with E-state index in [1.807, 2.05) is 6.92 Å². The molecule has 1 saturated heterocycles. The highest BCUT2D eigenvalue weighted by molar-refractivity contribution is 5.89. The second-order valence-corrected chi connectivity index (χ2v) is 4.92. The van der Waals surface area contributed by atoms with Crippen LogP contribution in [0.2, 0.25) is 0 Å². The molecular weight excluding hydrogens is 260 g/mol. The first kappa shape index (κ1) is 14.8. The van der Waals surface area contributed by atoms with E-state index in [0.29, 0.717) is 18.8 Å². The number of carbonyl (C=O) groups is 1. The molecule has 2 unspecified atom stereocenters. The maximum Gasteiger partial charge on any atom is 0.319 e. The molecule has 1 aliphatic heterocycles. The van der Waals surface area contributed by atoms with Gasteiger partial charge in [-0.2, -0.15) is 5.10 Å². The van der Waals surface area contributed by atoms with Gasteiger partial charge in [0.25, 0.3) is 0 Å². The summed E-state index contributed by atoms with van der Waals surface area (Å²) in [5, 5.41) is 9.78. The van der Waals surface area contributed by atoms with Crippen LogP contribution in [0.15, 0.2) is 12.4 Å². The maximum absolute atomic E-state index is 11.9. The van der Waals surface area contributed by atoms with E-state index in [1.165, 1.54) is 0 Å². The van der Waals surface area contributed by atoms with Crippen LogP contribution >= 0.6 is 0 Å². The third-order valence-electron chi connectivity index (χ3n) is 3.30. The second kappa shape index (κ2) is 7.25. The first-order chi connectivity index (χ1) is 9.69. The predicted octanol–water partition coefficient (Wildman–Crippen LogP) is 1.22. The summed E-state index contributed by atoms with van der Waals surface area (Å²) in [5.41, 5.74) is 0.665. The van der Waals surface area contributed by atoms with Gasteiger partial charge in [-0.1, -0.05) is 0 Å². The first-order valence-corrected chi connectivity index (χ1v) is 6.89. The molecule has 0 saturated carbocycles. The fourth-order valence-corrected chi connectivity index (χ4v) is 2.20. The van der Waals surface area contributed by atoms with Crippen LogP contribution in [0.5, 0.6) is 0 Å². The number of aromatic nitrogens is 2. The van der Waals surface area contributed by atoms with Crippen LogP contribution in [0.4, 0.5) is 10.5 Å². The molecule has 0 aromatic carbocycles. The van der Waals surface area contributed by atoms with Gasteiger partial charge in [0.15, 0.2) is 0 Å². The summed E-state index contributed by atoms with van der Waals surface area (Å²) in [4.78, 5) is 11.9. The Balaban J connectivity index is 1.77. The highest BCUT2D eigenvalue weighted by atomic mass is 16.5. The zero-order chi connectivity index (χ0) is 14.4. The van der Waals surface area contributed by atoms with Crippen molar-refractivity contribution in [2.24, 2.45) is 0 Å². The number of nitrogens with zero attached hydrogens (tertiary/aromatic N) is 2. The van der Waals surface area contributed by atoms with Crippen LogP contribution in [-0.2, 0) is 16.0 Å². The number of urea groups is 1. The smallest absolute Gasteiger partial charge is 0.319 e. The fraction of sp³-hybridized carbons (Fsp3) is 0.692. The molecule has 1 fully saturated rings. The summed E-state index contributed by atoms with van der Waals surface area (Å²) >= 11 is 0. The summed E-state index contributed by atoms with van der Waals surface area (Å²) in [5.74, 6) is 0. The minimum Gasteiger partial charge on any atom is -0.383 e. The highest BCUT2D eigenvalue weighted by Crippen LogP contribution is 2.15. The third-order valence-corrected chi connectivity index (χ3v) is 3.30. The van der Waals surface area contributed by atoms with Crippen molar-refractivity contribution in [3.05, 3.63) is 12.4 Å². The molecule has 0 radical (unpaired) electrons. The Labute approximate surface area is 118 Å². The molecule has 1 aromatic heterocycles. The molecule has 7 nitrogen and oxygen atoms in total. The number of nitrogens with one attached hydrogen (secondary N) is 2. The first-order valence-electron chi connectivity index (χ1n) is 6.89. The van der Waals surface area contributed by atoms with Gasteiger partial charge in [0.1, 0.15) is 0 Å². The van der Waals surface area contributed by atoms with Crippen molar-refractivity contribution in [2.45, 2.75) is 38.5 Å². The van der Waals surface area contributed by atoms with Crippen molar-refractivity contribution in [2.75, 3.05) is 25.6 Å². The molecule has 0 bridgehead atoms. The van der Waals surface area contributed by atoms with Crippen LogP contribution in [-0.4, -0.2) is 48.3 Å². The zero-order valence-corrected chi connectivity index (χ0v) is 12.0. The van der Waals surface area contributed by atoms with E-state index in [4.69, 9.17) is 9.47 Å². The Hall–Kier alpha value is -1.60. The molecule has 2 amide bonds. The summed E-state index contributed by atoms with van der Waals surface area (Å²) in [6.45, 7) is 3.98. The van der Waals surface area contributed by atoms with Gasteiger partial charge in [-0.25, -0.2) is 4.79 Å². The molecule has 112 valence electrons. The van der Waals surface area contributed by atoms with E-state index in [0.717, 1.165) is 19.4 Å². The van der Waals surface area contributed by atoms with E-state index in [-0.39, 0.29) is 18.2 Å². The number of hydrogen-bond donors (Lipinski definition) is 2. The topological polar surface area (TPSA) is 77.4 Å². The number of ether oxygens (including phenoxy) is 2. The molecule has 7 heteroatoms. The number of carbonyl (C=O) groups excluding carboxylic acids is 1. The van der Waals surface area contributed by atoms with Crippen molar-refractivity contribution >= 4 is 11.7 Å². The Bertz CT molecular complexity index is 429. The van der Waals surface area contributed by atoms with Gasteiger partial charge in [-0.05, 0) is 19.8 Å². The van der Waals surface area contributed by atoms with Crippen molar-refractivity contribution in [1.82, 2.24) is 15.1 Å². The Kier molecular flexibility index (Phi) is 5.37. The van der Waals surface area contributed by atoms with Gasteiger partial charge < -0.3 is 20.1 Å². The number of methoxy groups -OCH3 is 1. The molecule has 2 N–H and O–H groups in total. The van der Waals surface area contributed by atoms with Crippen molar-refractivity contribution in [1.29, 1.82) is 0 Å². The highest BCUT2D eigenvalue weighted by Gasteiger charge is 2.23. The Morgan fingerprint density at radius 3 is 3.25 bits per heavy atom. The molecule has 20 heavy (non-hydrogen) atoms. The van der Waals surface area contributed by atoms with Crippen molar-refractivity contribution in [3.8, 4) is 0 Å². The number of hydrogen-bond acceptors (Lipinski definition) is 4. The lowest BCUT2D eigenvalue weighted by Gasteiger charge is -2.19. The monoisotopic (exact) mass is 282 g/mol. The maximum atomic E-state index is 11.9. The van der Waals surface area contributed by atoms with Gasteiger partial charge in [-0.3, -0.25) is 4.68 Å². The number of anilines is 1. The SMILES string of the molecule is COCCn1cc(NC(=O)NC(C)C2CCCO2)cn1. The van der Waals surface area contributed by atoms with Crippen LogP contribution in [0.3, 0.4) is 0 Å². The summed E-state index contributed by atoms with van der Waals surface area (Å²) in [7, 11) is 1.64. The van der Waals surface area contributed by atoms with Gasteiger partial charge >= 0.3 is 6.03 Å². The lowest BCUT2D eigenvalue weighted by Crippen LogP contribution is -2.42. The largest absolute Gasteiger partial charge is 0.383 e. The van der Waals surface area contributed by atoms with E-state index in [9.17, 15) is 4.79 Å². The Morgan fingerprint density at radius 1 is 1.70 bits per heavy atom. The van der Waals surface area contributed by atoms with Crippen LogP contribution in [0, 0.1) is 0 Å². The van der Waals surface area contributed by atoms with E-state index >= 15 is 0 Å². The van der Waals surface area contributed by atoms with Gasteiger partial charge in [0.2, 0.25) is 0 Å². The Morgan fingerprint density at radius 2 is 2.55 bits per heavy atom. The van der Waals surface area contributed by atoms with Crippen LogP contribution in [0.25, 0.3) is 0 Å². The lowest BCUT2D eigenvalue weighted by molar-refractivity contribution is 0.0868. The standard InChI is InChI=1S/C13H22N4O3/c1-10(12-4-3-6-20-12)15-13(18)16-11-8-14-17(9-11)5-7-19-2/h8-10,12H,3-7H2,1-2H3,(H2,15,16,18). The second-order valence-electron chi connectivity index (χ2n) is 4.92. The fourth-order valence-electron chi connectivity index (χ4n) is 2.20. The zero-order valence-electron chi connectivity index (χ0n) is 12.0. The lowest BCUT2D eigenvalue weighted by atomic mass is 10.1. The summed E-state index contributed by atoms with van der Waals surface area (Å²) in [6, 6.07) is -0.236. The van der Waals surface area contributed by atoms with Gasteiger partial charge in [-0.15, -0.1) is 0 Å². The molecule has 1 aromatic rings. The quantitative estimate of drug-likeness (QED) is 0.822. The average molecular weight is 282 g/mol. The minimum absolute atomic E-state index is 0.000960. The molecule has 0 spiro atoms. The van der Waals surface area contributed by atoms with Gasteiger partial charge in [0.05, 0.1) is 37.2 Å². The molecule has 1 aliphatic rings. The van der Waals surface area contributed by atoms with Gasteiger partial charge in [0, 0.05) is 19.9 Å². The molecule has 2 heterocycles. The molecular formula is C13H22N4O3. The predicted molar refractivity (Wildman–Crippen MR) is 74.7 cm³/mol. The molecule has 2 atom stereocenters. The van der Waals surface area contributed by atoms with Crippen molar-refractivity contribution in [3.63, 3.8) is 0 Å².